The van der Waals surface area contributed by atoms with Crippen molar-refractivity contribution in [1.29, 1.82) is 0 Å². The molecule has 0 radical (unpaired) electrons. The summed E-state index contributed by atoms with van der Waals surface area (Å²) in [5, 5.41) is 0. The van der Waals surface area contributed by atoms with Gasteiger partial charge >= 0.3 is 0 Å². The molecule has 0 saturated heterocycles. The molecule has 1 aromatic carbocycles. The van der Waals surface area contributed by atoms with Crippen LogP contribution in [0.5, 0.6) is 0 Å². The number of benzene rings is 1. The molecule has 0 aliphatic heterocycles. The summed E-state index contributed by atoms with van der Waals surface area (Å²) < 4.78 is 14.4. The SMILES string of the molecule is CCC(C)/C(F)=C\c1ccc(Br)cc1. The van der Waals surface area contributed by atoms with Crippen LogP contribution in [0.15, 0.2) is 34.6 Å². The third-order valence-corrected chi connectivity index (χ3v) is 2.79. The van der Waals surface area contributed by atoms with Crippen molar-refractivity contribution in [3.05, 3.63) is 40.1 Å². The van der Waals surface area contributed by atoms with Gasteiger partial charge in [0.2, 0.25) is 0 Å². The van der Waals surface area contributed by atoms with E-state index in [2.05, 4.69) is 15.9 Å². The fourth-order valence-electron chi connectivity index (χ4n) is 1.06. The first-order chi connectivity index (χ1) is 6.63. The Morgan fingerprint density at radius 3 is 2.50 bits per heavy atom. The van der Waals surface area contributed by atoms with Gasteiger partial charge in [-0.25, -0.2) is 4.39 Å². The number of halogens is 2. The summed E-state index contributed by atoms with van der Waals surface area (Å²) in [6, 6.07) is 7.61. The second kappa shape index (κ2) is 5.30. The second-order valence-electron chi connectivity index (χ2n) is 3.39. The van der Waals surface area contributed by atoms with Crippen LogP contribution in [0.3, 0.4) is 0 Å². The first kappa shape index (κ1) is 11.4. The van der Waals surface area contributed by atoms with Crippen LogP contribution >= 0.6 is 15.9 Å². The maximum Gasteiger partial charge on any atom is 0.103 e. The van der Waals surface area contributed by atoms with Gasteiger partial charge in [0.1, 0.15) is 5.83 Å². The van der Waals surface area contributed by atoms with Gasteiger partial charge in [-0.2, -0.15) is 0 Å². The van der Waals surface area contributed by atoms with Crippen LogP contribution < -0.4 is 0 Å². The highest BCUT2D eigenvalue weighted by Crippen LogP contribution is 2.20. The molecule has 0 bridgehead atoms. The average molecular weight is 257 g/mol. The van der Waals surface area contributed by atoms with Crippen molar-refractivity contribution in [1.82, 2.24) is 0 Å². The van der Waals surface area contributed by atoms with E-state index in [0.29, 0.717) is 0 Å². The van der Waals surface area contributed by atoms with Crippen LogP contribution in [0.25, 0.3) is 6.08 Å². The molecule has 0 saturated carbocycles. The molecule has 0 aliphatic rings. The summed E-state index contributed by atoms with van der Waals surface area (Å²) in [5.74, 6) is -0.0338. The molecule has 1 unspecified atom stereocenters. The highest BCUT2D eigenvalue weighted by molar-refractivity contribution is 9.10. The fourth-order valence-corrected chi connectivity index (χ4v) is 1.32. The molecule has 2 heteroatoms. The Morgan fingerprint density at radius 1 is 1.43 bits per heavy atom. The van der Waals surface area contributed by atoms with Crippen molar-refractivity contribution in [2.75, 3.05) is 0 Å². The monoisotopic (exact) mass is 256 g/mol. The van der Waals surface area contributed by atoms with Crippen molar-refractivity contribution < 1.29 is 4.39 Å². The van der Waals surface area contributed by atoms with Gasteiger partial charge in [0.15, 0.2) is 0 Å². The van der Waals surface area contributed by atoms with Crippen molar-refractivity contribution in [2.45, 2.75) is 20.3 Å². The van der Waals surface area contributed by atoms with Gasteiger partial charge in [-0.05, 0) is 30.2 Å². The van der Waals surface area contributed by atoms with E-state index < -0.39 is 0 Å². The molecule has 0 N–H and O–H groups in total. The molecule has 1 atom stereocenters. The predicted octanol–water partition coefficient (Wildman–Crippen LogP) is 4.81. The molecule has 0 spiro atoms. The predicted molar refractivity (Wildman–Crippen MR) is 62.7 cm³/mol. The lowest BCUT2D eigenvalue weighted by molar-refractivity contribution is 0.489. The smallest absolute Gasteiger partial charge is 0.103 e. The quantitative estimate of drug-likeness (QED) is 0.729. The Kier molecular flexibility index (Phi) is 4.33. The zero-order valence-corrected chi connectivity index (χ0v) is 10.0. The van der Waals surface area contributed by atoms with E-state index >= 15 is 0 Å². The normalized spacial score (nSPS) is 14.1. The molecule has 0 aromatic heterocycles. The molecule has 0 nitrogen and oxygen atoms in total. The largest absolute Gasteiger partial charge is 0.212 e. The number of allylic oxidation sites excluding steroid dienone is 1. The maximum absolute atomic E-state index is 13.4. The average Bonchev–Trinajstić information content (AvgIpc) is 2.20. The van der Waals surface area contributed by atoms with Crippen LogP contribution in [-0.2, 0) is 0 Å². The summed E-state index contributed by atoms with van der Waals surface area (Å²) >= 11 is 3.34. The first-order valence-corrected chi connectivity index (χ1v) is 5.55. The molecule has 76 valence electrons. The van der Waals surface area contributed by atoms with E-state index in [0.717, 1.165) is 16.5 Å². The van der Waals surface area contributed by atoms with Gasteiger partial charge in [-0.3, -0.25) is 0 Å². The Hall–Kier alpha value is -0.630. The second-order valence-corrected chi connectivity index (χ2v) is 4.31. The first-order valence-electron chi connectivity index (χ1n) is 4.76. The Bertz CT molecular complexity index is 314. The zero-order chi connectivity index (χ0) is 10.6. The summed E-state index contributed by atoms with van der Waals surface area (Å²) in [6.45, 7) is 3.88. The topological polar surface area (TPSA) is 0 Å². The van der Waals surface area contributed by atoms with Crippen LogP contribution in [0, 0.1) is 5.92 Å². The lowest BCUT2D eigenvalue weighted by Gasteiger charge is -2.04. The van der Waals surface area contributed by atoms with Gasteiger partial charge in [-0.15, -0.1) is 0 Å². The van der Waals surface area contributed by atoms with E-state index in [4.69, 9.17) is 0 Å². The van der Waals surface area contributed by atoms with Crippen LogP contribution in [-0.4, -0.2) is 0 Å². The van der Waals surface area contributed by atoms with Crippen molar-refractivity contribution in [3.8, 4) is 0 Å². The van der Waals surface area contributed by atoms with Gasteiger partial charge in [0.25, 0.3) is 0 Å². The van der Waals surface area contributed by atoms with Gasteiger partial charge in [0.05, 0.1) is 0 Å². The lowest BCUT2D eigenvalue weighted by atomic mass is 10.1. The molecular formula is C12H14BrF. The van der Waals surface area contributed by atoms with Gasteiger partial charge < -0.3 is 0 Å². The summed E-state index contributed by atoms with van der Waals surface area (Å²) in [6.07, 6.45) is 2.43. The Labute approximate surface area is 93.0 Å². The van der Waals surface area contributed by atoms with Crippen molar-refractivity contribution in [2.24, 2.45) is 5.92 Å². The highest BCUT2D eigenvalue weighted by Gasteiger charge is 2.04. The Balaban J connectivity index is 2.81. The molecule has 0 fully saturated rings. The minimum atomic E-state index is -0.0465. The van der Waals surface area contributed by atoms with E-state index in [1.807, 2.05) is 38.1 Å². The number of rotatable bonds is 3. The number of hydrogen-bond acceptors (Lipinski definition) is 0. The molecule has 14 heavy (non-hydrogen) atoms. The molecule has 1 rings (SSSR count). The van der Waals surface area contributed by atoms with E-state index in [1.54, 1.807) is 6.08 Å². The van der Waals surface area contributed by atoms with Crippen LogP contribution in [0.2, 0.25) is 0 Å². The van der Waals surface area contributed by atoms with E-state index in [-0.39, 0.29) is 11.7 Å². The molecular weight excluding hydrogens is 243 g/mol. The highest BCUT2D eigenvalue weighted by atomic mass is 79.9. The fraction of sp³-hybridized carbons (Fsp3) is 0.333. The van der Waals surface area contributed by atoms with Crippen LogP contribution in [0.4, 0.5) is 4.39 Å². The minimum Gasteiger partial charge on any atom is -0.212 e. The van der Waals surface area contributed by atoms with Gasteiger partial charge in [0, 0.05) is 10.4 Å². The van der Waals surface area contributed by atoms with Gasteiger partial charge in [-0.1, -0.05) is 41.9 Å². The van der Waals surface area contributed by atoms with E-state index in [1.165, 1.54) is 0 Å². The molecule has 1 aromatic rings. The van der Waals surface area contributed by atoms with E-state index in [9.17, 15) is 4.39 Å². The summed E-state index contributed by atoms with van der Waals surface area (Å²) in [5.41, 5.74) is 0.908. The lowest BCUT2D eigenvalue weighted by Crippen LogP contribution is -1.91. The minimum absolute atomic E-state index is 0.0126. The third-order valence-electron chi connectivity index (χ3n) is 2.26. The standard InChI is InChI=1S/C12H14BrF/c1-3-9(2)12(14)8-10-4-6-11(13)7-5-10/h4-9H,3H2,1-2H3/b12-8+. The molecule has 0 amide bonds. The summed E-state index contributed by atoms with van der Waals surface area (Å²) in [7, 11) is 0. The maximum atomic E-state index is 13.4. The van der Waals surface area contributed by atoms with Crippen molar-refractivity contribution in [3.63, 3.8) is 0 Å². The number of hydrogen-bond donors (Lipinski definition) is 0. The van der Waals surface area contributed by atoms with Crippen LogP contribution in [0.1, 0.15) is 25.8 Å². The third kappa shape index (κ3) is 3.26. The Morgan fingerprint density at radius 2 is 2.00 bits per heavy atom. The zero-order valence-electron chi connectivity index (χ0n) is 8.43. The van der Waals surface area contributed by atoms with Crippen molar-refractivity contribution >= 4 is 22.0 Å². The molecule has 0 heterocycles. The molecule has 0 aliphatic carbocycles. The summed E-state index contributed by atoms with van der Waals surface area (Å²) in [4.78, 5) is 0.